The first-order valence-electron chi connectivity index (χ1n) is 7.11. The fourth-order valence-electron chi connectivity index (χ4n) is 1.99. The number of anilines is 1. The lowest BCUT2D eigenvalue weighted by molar-refractivity contribution is -0.137. The average molecular weight is 292 g/mol. The molecule has 0 spiro atoms. The molecule has 4 N–H and O–H groups in total. The Bertz CT molecular complexity index is 481. The van der Waals surface area contributed by atoms with Crippen LogP contribution < -0.4 is 11.1 Å². The summed E-state index contributed by atoms with van der Waals surface area (Å²) in [7, 11) is 0. The second-order valence-electron chi connectivity index (χ2n) is 6.08. The summed E-state index contributed by atoms with van der Waals surface area (Å²) in [6.45, 7) is 4.59. The van der Waals surface area contributed by atoms with Crippen LogP contribution in [0.5, 0.6) is 0 Å². The van der Waals surface area contributed by atoms with E-state index in [1.54, 1.807) is 12.1 Å². The number of nitrogens with two attached hydrogens (primary N) is 1. The van der Waals surface area contributed by atoms with Crippen LogP contribution in [0.2, 0.25) is 0 Å². The van der Waals surface area contributed by atoms with Gasteiger partial charge >= 0.3 is 5.97 Å². The zero-order chi connectivity index (χ0) is 15.9. The van der Waals surface area contributed by atoms with Crippen LogP contribution in [0.4, 0.5) is 5.69 Å². The molecule has 0 heterocycles. The predicted octanol–water partition coefficient (Wildman–Crippen LogP) is 2.21. The summed E-state index contributed by atoms with van der Waals surface area (Å²) in [5.41, 5.74) is 7.11. The Balaban J connectivity index is 2.29. The van der Waals surface area contributed by atoms with E-state index in [-0.39, 0.29) is 17.7 Å². The number of carboxylic acids is 1. The summed E-state index contributed by atoms with van der Waals surface area (Å²) in [6, 6.07) is 7.23. The smallest absolute Gasteiger partial charge is 0.303 e. The highest BCUT2D eigenvalue weighted by atomic mass is 16.4. The molecule has 1 aromatic carbocycles. The second kappa shape index (κ2) is 7.67. The molecule has 1 amide bonds. The van der Waals surface area contributed by atoms with Crippen LogP contribution in [0, 0.1) is 5.41 Å². The Morgan fingerprint density at radius 2 is 1.81 bits per heavy atom. The van der Waals surface area contributed by atoms with Crippen LogP contribution in [0.1, 0.15) is 38.7 Å². The summed E-state index contributed by atoms with van der Waals surface area (Å²) in [5, 5.41) is 11.6. The summed E-state index contributed by atoms with van der Waals surface area (Å²) < 4.78 is 0. The standard InChI is InChI=1S/C16H24N2O3/c1-16(2,8-7-15(20)21)9-10-18-14(19)11-12-3-5-13(17)6-4-12/h3-6H,7-11,17H2,1-2H3,(H,18,19)(H,20,21). The van der Waals surface area contributed by atoms with Crippen molar-refractivity contribution in [2.75, 3.05) is 12.3 Å². The molecule has 0 unspecified atom stereocenters. The minimum Gasteiger partial charge on any atom is -0.481 e. The first kappa shape index (κ1) is 17.0. The molecule has 0 aliphatic rings. The lowest BCUT2D eigenvalue weighted by atomic mass is 9.84. The summed E-state index contributed by atoms with van der Waals surface area (Å²) in [5.74, 6) is -0.815. The van der Waals surface area contributed by atoms with E-state index in [1.807, 2.05) is 26.0 Å². The monoisotopic (exact) mass is 292 g/mol. The number of carbonyl (C=O) groups is 2. The van der Waals surface area contributed by atoms with Gasteiger partial charge in [0.2, 0.25) is 5.91 Å². The van der Waals surface area contributed by atoms with E-state index < -0.39 is 5.97 Å². The normalized spacial score (nSPS) is 11.1. The number of hydrogen-bond donors (Lipinski definition) is 3. The molecule has 0 aliphatic heterocycles. The van der Waals surface area contributed by atoms with Crippen molar-refractivity contribution in [1.82, 2.24) is 5.32 Å². The number of carboxylic acid groups (broad SMARTS) is 1. The van der Waals surface area contributed by atoms with Crippen molar-refractivity contribution in [3.8, 4) is 0 Å². The molecule has 0 radical (unpaired) electrons. The molecule has 0 fully saturated rings. The lowest BCUT2D eigenvalue weighted by Gasteiger charge is -2.23. The number of rotatable bonds is 8. The molecular formula is C16H24N2O3. The first-order chi connectivity index (χ1) is 9.78. The van der Waals surface area contributed by atoms with Crippen LogP contribution in [0.25, 0.3) is 0 Å². The van der Waals surface area contributed by atoms with Crippen molar-refractivity contribution in [3.05, 3.63) is 29.8 Å². The first-order valence-corrected chi connectivity index (χ1v) is 7.11. The van der Waals surface area contributed by atoms with Crippen molar-refractivity contribution >= 4 is 17.6 Å². The zero-order valence-corrected chi connectivity index (χ0v) is 12.7. The molecule has 0 saturated carbocycles. The molecule has 0 aromatic heterocycles. The van der Waals surface area contributed by atoms with Gasteiger partial charge < -0.3 is 16.2 Å². The number of nitrogens with one attached hydrogen (secondary N) is 1. The number of nitrogen functional groups attached to an aromatic ring is 1. The van der Waals surface area contributed by atoms with Gasteiger partial charge in [0, 0.05) is 18.7 Å². The van der Waals surface area contributed by atoms with Gasteiger partial charge in [-0.2, -0.15) is 0 Å². The number of aliphatic carboxylic acids is 1. The summed E-state index contributed by atoms with van der Waals surface area (Å²) in [4.78, 5) is 22.4. The molecule has 21 heavy (non-hydrogen) atoms. The van der Waals surface area contributed by atoms with Gasteiger partial charge in [-0.15, -0.1) is 0 Å². The Labute approximate surface area is 125 Å². The Morgan fingerprint density at radius 1 is 1.19 bits per heavy atom. The number of hydrogen-bond acceptors (Lipinski definition) is 3. The average Bonchev–Trinajstić information content (AvgIpc) is 2.39. The SMILES string of the molecule is CC(C)(CCNC(=O)Cc1ccc(N)cc1)CCC(=O)O. The third-order valence-electron chi connectivity index (χ3n) is 3.48. The van der Waals surface area contributed by atoms with E-state index in [2.05, 4.69) is 5.32 Å². The second-order valence-corrected chi connectivity index (χ2v) is 6.08. The van der Waals surface area contributed by atoms with Crippen LogP contribution in [0.15, 0.2) is 24.3 Å². The van der Waals surface area contributed by atoms with Crippen molar-refractivity contribution in [2.45, 2.75) is 39.5 Å². The molecule has 0 saturated heterocycles. The molecule has 5 heteroatoms. The third kappa shape index (κ3) is 7.34. The van der Waals surface area contributed by atoms with Crippen LogP contribution in [-0.2, 0) is 16.0 Å². The largest absolute Gasteiger partial charge is 0.481 e. The lowest BCUT2D eigenvalue weighted by Crippen LogP contribution is -2.29. The quantitative estimate of drug-likeness (QED) is 0.640. The Morgan fingerprint density at radius 3 is 2.38 bits per heavy atom. The number of carbonyl (C=O) groups excluding carboxylic acids is 1. The maximum atomic E-state index is 11.8. The van der Waals surface area contributed by atoms with E-state index >= 15 is 0 Å². The Kier molecular flexibility index (Phi) is 6.21. The summed E-state index contributed by atoms with van der Waals surface area (Å²) >= 11 is 0. The minimum absolute atomic E-state index is 0.0335. The van der Waals surface area contributed by atoms with Crippen LogP contribution in [-0.4, -0.2) is 23.5 Å². The fourth-order valence-corrected chi connectivity index (χ4v) is 1.99. The molecule has 0 aliphatic carbocycles. The highest BCUT2D eigenvalue weighted by molar-refractivity contribution is 5.78. The molecular weight excluding hydrogens is 268 g/mol. The number of amides is 1. The van der Waals surface area contributed by atoms with Gasteiger partial charge in [-0.05, 0) is 36.0 Å². The molecule has 1 rings (SSSR count). The maximum Gasteiger partial charge on any atom is 0.303 e. The molecule has 116 valence electrons. The van der Waals surface area contributed by atoms with Crippen LogP contribution in [0.3, 0.4) is 0 Å². The van der Waals surface area contributed by atoms with E-state index in [9.17, 15) is 9.59 Å². The Hall–Kier alpha value is -2.04. The molecule has 0 atom stereocenters. The highest BCUT2D eigenvalue weighted by Gasteiger charge is 2.19. The van der Waals surface area contributed by atoms with E-state index in [4.69, 9.17) is 10.8 Å². The van der Waals surface area contributed by atoms with Crippen molar-refractivity contribution in [3.63, 3.8) is 0 Å². The fraction of sp³-hybridized carbons (Fsp3) is 0.500. The van der Waals surface area contributed by atoms with Crippen molar-refractivity contribution in [1.29, 1.82) is 0 Å². The number of benzene rings is 1. The minimum atomic E-state index is -0.782. The van der Waals surface area contributed by atoms with Gasteiger partial charge in [0.1, 0.15) is 0 Å². The van der Waals surface area contributed by atoms with Gasteiger partial charge in [-0.25, -0.2) is 0 Å². The third-order valence-corrected chi connectivity index (χ3v) is 3.48. The van der Waals surface area contributed by atoms with Crippen molar-refractivity contribution < 1.29 is 14.7 Å². The van der Waals surface area contributed by atoms with E-state index in [1.165, 1.54) is 0 Å². The van der Waals surface area contributed by atoms with Crippen LogP contribution >= 0.6 is 0 Å². The van der Waals surface area contributed by atoms with Gasteiger partial charge in [0.05, 0.1) is 6.42 Å². The predicted molar refractivity (Wildman–Crippen MR) is 82.8 cm³/mol. The molecule has 5 nitrogen and oxygen atoms in total. The van der Waals surface area contributed by atoms with E-state index in [0.29, 0.717) is 25.1 Å². The maximum absolute atomic E-state index is 11.8. The van der Waals surface area contributed by atoms with Gasteiger partial charge in [0.25, 0.3) is 0 Å². The zero-order valence-electron chi connectivity index (χ0n) is 12.7. The van der Waals surface area contributed by atoms with Gasteiger partial charge in [0.15, 0.2) is 0 Å². The molecule has 1 aromatic rings. The highest BCUT2D eigenvalue weighted by Crippen LogP contribution is 2.25. The summed E-state index contributed by atoms with van der Waals surface area (Å²) in [6.07, 6.45) is 1.85. The van der Waals surface area contributed by atoms with Gasteiger partial charge in [-0.3, -0.25) is 9.59 Å². The van der Waals surface area contributed by atoms with Crippen molar-refractivity contribution in [2.24, 2.45) is 5.41 Å². The van der Waals surface area contributed by atoms with Gasteiger partial charge in [-0.1, -0.05) is 26.0 Å². The topological polar surface area (TPSA) is 92.4 Å². The molecule has 0 bridgehead atoms. The van der Waals surface area contributed by atoms with E-state index in [0.717, 1.165) is 12.0 Å².